The number of halogens is 5. The smallest absolute Gasteiger partial charge is 0.183 e. The second-order valence-corrected chi connectivity index (χ2v) is 5.85. The van der Waals surface area contributed by atoms with E-state index in [-0.39, 0.29) is 20.8 Å². The lowest BCUT2D eigenvalue weighted by molar-refractivity contribution is 0.593. The second kappa shape index (κ2) is 8.51. The Kier molecular flexibility index (Phi) is 7.34. The van der Waals surface area contributed by atoms with Gasteiger partial charge in [-0.15, -0.1) is 0 Å². The van der Waals surface area contributed by atoms with Crippen LogP contribution in [0.1, 0.15) is 30.1 Å². The van der Waals surface area contributed by atoms with E-state index in [0.717, 1.165) is 0 Å². The molecule has 0 radical (unpaired) electrons. The predicted octanol–water partition coefficient (Wildman–Crippen LogP) is 4.56. The van der Waals surface area contributed by atoms with E-state index in [2.05, 4.69) is 35.9 Å². The van der Waals surface area contributed by atoms with E-state index < -0.39 is 11.6 Å². The van der Waals surface area contributed by atoms with Crippen molar-refractivity contribution in [3.8, 4) is 0 Å². The van der Waals surface area contributed by atoms with Gasteiger partial charge in [0, 0.05) is 0 Å². The summed E-state index contributed by atoms with van der Waals surface area (Å²) in [6.45, 7) is 3.57. The molecule has 0 fully saturated rings. The highest BCUT2D eigenvalue weighted by Gasteiger charge is 2.12. The summed E-state index contributed by atoms with van der Waals surface area (Å²) in [6, 6.07) is 0. The molecule has 0 aliphatic heterocycles. The molecule has 0 aliphatic rings. The lowest BCUT2D eigenvalue weighted by Crippen LogP contribution is -1.97. The summed E-state index contributed by atoms with van der Waals surface area (Å²) in [5, 5.41) is -0.242. The number of aryl methyl sites for hydroxylation is 1. The maximum atomic E-state index is 13.0. The van der Waals surface area contributed by atoms with Crippen LogP contribution in [-0.4, -0.2) is 19.9 Å². The molecular formula is C12H11BrCl2F2N4. The van der Waals surface area contributed by atoms with Crippen molar-refractivity contribution in [1.29, 1.82) is 0 Å². The van der Waals surface area contributed by atoms with Crippen molar-refractivity contribution in [2.24, 2.45) is 0 Å². The highest BCUT2D eigenvalue weighted by atomic mass is 79.9. The molecule has 114 valence electrons. The highest BCUT2D eigenvalue weighted by molar-refractivity contribution is 9.09. The van der Waals surface area contributed by atoms with Crippen molar-refractivity contribution < 1.29 is 8.78 Å². The van der Waals surface area contributed by atoms with Crippen LogP contribution in [0.5, 0.6) is 0 Å². The molecule has 0 aliphatic carbocycles. The molecule has 0 saturated heterocycles. The van der Waals surface area contributed by atoms with E-state index in [1.807, 2.05) is 6.92 Å². The fourth-order valence-corrected chi connectivity index (χ4v) is 1.88. The lowest BCUT2D eigenvalue weighted by Gasteiger charge is -2.02. The predicted molar refractivity (Wildman–Crippen MR) is 80.7 cm³/mol. The molecule has 9 heteroatoms. The van der Waals surface area contributed by atoms with Crippen LogP contribution in [0.2, 0.25) is 10.3 Å². The van der Waals surface area contributed by atoms with Crippen molar-refractivity contribution in [1.82, 2.24) is 19.9 Å². The summed E-state index contributed by atoms with van der Waals surface area (Å²) in [4.78, 5) is 14.2. The molecule has 2 rings (SSSR count). The molecule has 1 atom stereocenters. The van der Waals surface area contributed by atoms with Gasteiger partial charge in [-0.3, -0.25) is 0 Å². The number of hydrogen-bond acceptors (Lipinski definition) is 4. The molecule has 0 N–H and O–H groups in total. The molecule has 0 aromatic carbocycles. The molecule has 0 bridgehead atoms. The minimum atomic E-state index is -0.557. The largest absolute Gasteiger partial charge is 0.238 e. The Bertz CT molecular complexity index is 614. The zero-order valence-corrected chi connectivity index (χ0v) is 14.2. The molecule has 1 unspecified atom stereocenters. The fraction of sp³-hybridized carbons (Fsp3) is 0.333. The maximum absolute atomic E-state index is 13.0. The molecule has 2 aromatic heterocycles. The van der Waals surface area contributed by atoms with Gasteiger partial charge in [-0.05, 0) is 13.3 Å². The maximum Gasteiger partial charge on any atom is 0.183 e. The Labute approximate surface area is 139 Å². The van der Waals surface area contributed by atoms with Crippen LogP contribution in [0.25, 0.3) is 0 Å². The quantitative estimate of drug-likeness (QED) is 0.548. The Balaban J connectivity index is 0.000000211. The average Bonchev–Trinajstić information content (AvgIpc) is 2.45. The van der Waals surface area contributed by atoms with Crippen molar-refractivity contribution in [3.05, 3.63) is 46.0 Å². The molecule has 0 amide bonds. The Morgan fingerprint density at radius 1 is 1.05 bits per heavy atom. The van der Waals surface area contributed by atoms with E-state index in [4.69, 9.17) is 23.2 Å². The van der Waals surface area contributed by atoms with Gasteiger partial charge in [-0.1, -0.05) is 46.1 Å². The number of aromatic nitrogens is 4. The first-order valence-corrected chi connectivity index (χ1v) is 7.50. The van der Waals surface area contributed by atoms with Crippen LogP contribution >= 0.6 is 39.1 Å². The third-order valence-electron chi connectivity index (χ3n) is 2.30. The van der Waals surface area contributed by atoms with Gasteiger partial charge in [0.2, 0.25) is 0 Å². The number of rotatable bonds is 2. The van der Waals surface area contributed by atoms with Crippen LogP contribution < -0.4 is 0 Å². The zero-order chi connectivity index (χ0) is 16.0. The number of nitrogens with zero attached hydrogens (tertiary/aromatic N) is 4. The van der Waals surface area contributed by atoms with Crippen LogP contribution in [0.3, 0.4) is 0 Å². The van der Waals surface area contributed by atoms with Crippen molar-refractivity contribution >= 4 is 39.1 Å². The normalized spacial score (nSPS) is 11.6. The fourth-order valence-electron chi connectivity index (χ4n) is 1.27. The van der Waals surface area contributed by atoms with E-state index in [9.17, 15) is 8.78 Å². The second-order valence-electron chi connectivity index (χ2n) is 3.76. The highest BCUT2D eigenvalue weighted by Crippen LogP contribution is 2.24. The topological polar surface area (TPSA) is 51.6 Å². The standard InChI is InChI=1S/C6H5BrClFN2.C6H6ClFN2/c1-3(7)5-4(9)6(8)11-2-10-5;1-2-4-5(8)6(7)10-3-9-4/h2-3H,1H3;3H,2H2,1H3. The van der Waals surface area contributed by atoms with Gasteiger partial charge in [-0.2, -0.15) is 0 Å². The van der Waals surface area contributed by atoms with Gasteiger partial charge < -0.3 is 0 Å². The Morgan fingerprint density at radius 3 is 2.00 bits per heavy atom. The van der Waals surface area contributed by atoms with Crippen LogP contribution in [0.4, 0.5) is 8.78 Å². The van der Waals surface area contributed by atoms with Gasteiger partial charge in [0.1, 0.15) is 12.7 Å². The van der Waals surface area contributed by atoms with E-state index in [1.54, 1.807) is 6.92 Å². The van der Waals surface area contributed by atoms with E-state index >= 15 is 0 Å². The first-order valence-electron chi connectivity index (χ1n) is 5.83. The Morgan fingerprint density at radius 2 is 1.57 bits per heavy atom. The van der Waals surface area contributed by atoms with Gasteiger partial charge in [0.15, 0.2) is 21.9 Å². The van der Waals surface area contributed by atoms with Crippen LogP contribution in [0, 0.1) is 11.6 Å². The molecule has 0 saturated carbocycles. The van der Waals surface area contributed by atoms with Crippen molar-refractivity contribution in [2.45, 2.75) is 25.1 Å². The number of alkyl halides is 1. The molecule has 4 nitrogen and oxygen atoms in total. The van der Waals surface area contributed by atoms with Crippen LogP contribution in [0.15, 0.2) is 12.7 Å². The van der Waals surface area contributed by atoms with Crippen LogP contribution in [-0.2, 0) is 6.42 Å². The minimum absolute atomic E-state index is 0.105. The number of hydrogen-bond donors (Lipinski definition) is 0. The van der Waals surface area contributed by atoms with E-state index in [0.29, 0.717) is 12.1 Å². The third-order valence-corrected chi connectivity index (χ3v) is 3.27. The molecule has 2 aromatic rings. The molecule has 0 spiro atoms. The zero-order valence-electron chi connectivity index (χ0n) is 11.1. The molecule has 21 heavy (non-hydrogen) atoms. The first kappa shape index (κ1) is 18.1. The Hall–Kier alpha value is -0.920. The van der Waals surface area contributed by atoms with Gasteiger partial charge in [0.05, 0.1) is 16.2 Å². The average molecular weight is 400 g/mol. The van der Waals surface area contributed by atoms with Gasteiger partial charge >= 0.3 is 0 Å². The minimum Gasteiger partial charge on any atom is -0.238 e. The van der Waals surface area contributed by atoms with E-state index in [1.165, 1.54) is 12.7 Å². The van der Waals surface area contributed by atoms with Crippen molar-refractivity contribution in [2.75, 3.05) is 0 Å². The third kappa shape index (κ3) is 5.09. The van der Waals surface area contributed by atoms with Crippen molar-refractivity contribution in [3.63, 3.8) is 0 Å². The summed E-state index contributed by atoms with van der Waals surface area (Å²) >= 11 is 14.0. The van der Waals surface area contributed by atoms with Gasteiger partial charge in [0.25, 0.3) is 0 Å². The molecular weight excluding hydrogens is 389 g/mol. The molecule has 2 heterocycles. The first-order chi connectivity index (χ1) is 9.88. The lowest BCUT2D eigenvalue weighted by atomic mass is 10.3. The summed E-state index contributed by atoms with van der Waals surface area (Å²) < 4.78 is 25.7. The van der Waals surface area contributed by atoms with Gasteiger partial charge in [-0.25, -0.2) is 28.7 Å². The summed E-state index contributed by atoms with van der Waals surface area (Å²) in [5.41, 5.74) is 0.644. The monoisotopic (exact) mass is 398 g/mol. The summed E-state index contributed by atoms with van der Waals surface area (Å²) in [7, 11) is 0. The summed E-state index contributed by atoms with van der Waals surface area (Å²) in [5.74, 6) is -1.06. The SMILES string of the molecule is CC(Br)c1ncnc(Cl)c1F.CCc1ncnc(Cl)c1F. The summed E-state index contributed by atoms with van der Waals surface area (Å²) in [6.07, 6.45) is 3.02.